The van der Waals surface area contributed by atoms with Crippen LogP contribution in [-0.4, -0.2) is 32.0 Å². The standard InChI is InChI=1S/C8H17N5S/c1-3-4-13-8(10-11-12-13)6-14-5-7(2)9/h7H,3-6,9H2,1-2H3. The molecule has 1 heterocycles. The minimum atomic E-state index is 0.232. The second-order valence-electron chi connectivity index (χ2n) is 3.31. The Bertz CT molecular complexity index is 260. The summed E-state index contributed by atoms with van der Waals surface area (Å²) >= 11 is 1.77. The minimum Gasteiger partial charge on any atom is -0.327 e. The van der Waals surface area contributed by atoms with E-state index < -0.39 is 0 Å². The van der Waals surface area contributed by atoms with E-state index >= 15 is 0 Å². The van der Waals surface area contributed by atoms with Crippen molar-refractivity contribution in [1.82, 2.24) is 20.2 Å². The molecule has 0 aliphatic carbocycles. The molecule has 0 aromatic carbocycles. The molecule has 2 N–H and O–H groups in total. The van der Waals surface area contributed by atoms with Crippen molar-refractivity contribution in [2.24, 2.45) is 5.73 Å². The van der Waals surface area contributed by atoms with Gasteiger partial charge in [-0.2, -0.15) is 11.8 Å². The van der Waals surface area contributed by atoms with Crippen LogP contribution in [0.15, 0.2) is 0 Å². The van der Waals surface area contributed by atoms with Gasteiger partial charge < -0.3 is 5.73 Å². The van der Waals surface area contributed by atoms with Crippen molar-refractivity contribution in [3.63, 3.8) is 0 Å². The molecule has 1 atom stereocenters. The topological polar surface area (TPSA) is 69.6 Å². The summed E-state index contributed by atoms with van der Waals surface area (Å²) in [6.07, 6.45) is 1.05. The Morgan fingerprint density at radius 1 is 1.57 bits per heavy atom. The third-order valence-corrected chi connectivity index (χ3v) is 2.88. The van der Waals surface area contributed by atoms with Crippen LogP contribution in [0.1, 0.15) is 26.1 Å². The fourth-order valence-corrected chi connectivity index (χ4v) is 1.93. The molecule has 0 aliphatic rings. The van der Waals surface area contributed by atoms with Crippen LogP contribution in [-0.2, 0) is 12.3 Å². The number of nitrogens with two attached hydrogens (primary N) is 1. The molecule has 0 amide bonds. The van der Waals surface area contributed by atoms with Crippen LogP contribution < -0.4 is 5.73 Å². The molecular formula is C8H17N5S. The fourth-order valence-electron chi connectivity index (χ4n) is 1.05. The van der Waals surface area contributed by atoms with E-state index in [0.717, 1.165) is 30.3 Å². The number of rotatable bonds is 6. The van der Waals surface area contributed by atoms with Crippen molar-refractivity contribution >= 4 is 11.8 Å². The lowest BCUT2D eigenvalue weighted by Gasteiger charge is -2.04. The molecule has 0 fully saturated rings. The molecule has 0 aliphatic heterocycles. The number of nitrogens with zero attached hydrogens (tertiary/aromatic N) is 4. The second kappa shape index (κ2) is 5.98. The van der Waals surface area contributed by atoms with Crippen molar-refractivity contribution in [3.05, 3.63) is 5.82 Å². The van der Waals surface area contributed by atoms with E-state index in [9.17, 15) is 0 Å². The molecule has 14 heavy (non-hydrogen) atoms. The quantitative estimate of drug-likeness (QED) is 0.755. The average Bonchev–Trinajstić information content (AvgIpc) is 2.53. The zero-order valence-electron chi connectivity index (χ0n) is 8.68. The molecule has 0 spiro atoms. The van der Waals surface area contributed by atoms with Crippen molar-refractivity contribution in [2.75, 3.05) is 5.75 Å². The van der Waals surface area contributed by atoms with Crippen LogP contribution in [0.5, 0.6) is 0 Å². The molecule has 0 saturated heterocycles. The van der Waals surface area contributed by atoms with Crippen molar-refractivity contribution in [3.8, 4) is 0 Å². The number of tetrazole rings is 1. The molecule has 0 saturated carbocycles. The summed E-state index contributed by atoms with van der Waals surface area (Å²) in [4.78, 5) is 0. The average molecular weight is 215 g/mol. The minimum absolute atomic E-state index is 0.232. The van der Waals surface area contributed by atoms with Crippen LogP contribution >= 0.6 is 11.8 Å². The maximum absolute atomic E-state index is 5.65. The van der Waals surface area contributed by atoms with E-state index in [1.807, 2.05) is 11.6 Å². The zero-order chi connectivity index (χ0) is 10.4. The van der Waals surface area contributed by atoms with Gasteiger partial charge in [-0.3, -0.25) is 0 Å². The van der Waals surface area contributed by atoms with Gasteiger partial charge in [-0.15, -0.1) is 5.10 Å². The lowest BCUT2D eigenvalue weighted by Crippen LogP contribution is -2.17. The molecular weight excluding hydrogens is 198 g/mol. The highest BCUT2D eigenvalue weighted by molar-refractivity contribution is 7.98. The van der Waals surface area contributed by atoms with E-state index in [-0.39, 0.29) is 6.04 Å². The van der Waals surface area contributed by atoms with Gasteiger partial charge in [0.15, 0.2) is 5.82 Å². The summed E-state index contributed by atoms with van der Waals surface area (Å²) in [5.74, 6) is 2.73. The molecule has 0 radical (unpaired) electrons. The summed E-state index contributed by atoms with van der Waals surface area (Å²) in [5, 5.41) is 11.5. The highest BCUT2D eigenvalue weighted by atomic mass is 32.2. The number of thioether (sulfide) groups is 1. The van der Waals surface area contributed by atoms with E-state index in [4.69, 9.17) is 5.73 Å². The third kappa shape index (κ3) is 3.63. The first-order valence-corrected chi connectivity index (χ1v) is 5.98. The van der Waals surface area contributed by atoms with Crippen molar-refractivity contribution in [1.29, 1.82) is 0 Å². The van der Waals surface area contributed by atoms with Crippen LogP contribution in [0.4, 0.5) is 0 Å². The Morgan fingerprint density at radius 3 is 3.00 bits per heavy atom. The lowest BCUT2D eigenvalue weighted by atomic mass is 10.4. The Morgan fingerprint density at radius 2 is 2.36 bits per heavy atom. The number of hydrogen-bond acceptors (Lipinski definition) is 5. The highest BCUT2D eigenvalue weighted by Crippen LogP contribution is 2.09. The van der Waals surface area contributed by atoms with E-state index in [0.29, 0.717) is 0 Å². The number of aromatic nitrogens is 4. The van der Waals surface area contributed by atoms with E-state index in [2.05, 4.69) is 22.4 Å². The van der Waals surface area contributed by atoms with Gasteiger partial charge in [-0.1, -0.05) is 6.92 Å². The van der Waals surface area contributed by atoms with Crippen LogP contribution in [0.25, 0.3) is 0 Å². The van der Waals surface area contributed by atoms with Gasteiger partial charge >= 0.3 is 0 Å². The van der Waals surface area contributed by atoms with Crippen molar-refractivity contribution in [2.45, 2.75) is 38.6 Å². The van der Waals surface area contributed by atoms with Gasteiger partial charge in [0, 0.05) is 18.3 Å². The fraction of sp³-hybridized carbons (Fsp3) is 0.875. The smallest absolute Gasteiger partial charge is 0.161 e. The van der Waals surface area contributed by atoms with Gasteiger partial charge in [-0.05, 0) is 23.8 Å². The Labute approximate surface area is 88.4 Å². The summed E-state index contributed by atoms with van der Waals surface area (Å²) in [6.45, 7) is 5.00. The molecule has 80 valence electrons. The van der Waals surface area contributed by atoms with Gasteiger partial charge in [0.25, 0.3) is 0 Å². The maximum atomic E-state index is 5.65. The first-order chi connectivity index (χ1) is 6.74. The monoisotopic (exact) mass is 215 g/mol. The normalized spacial score (nSPS) is 13.1. The second-order valence-corrected chi connectivity index (χ2v) is 4.34. The predicted molar refractivity (Wildman–Crippen MR) is 57.9 cm³/mol. The van der Waals surface area contributed by atoms with Gasteiger partial charge in [0.05, 0.1) is 5.75 Å². The first-order valence-electron chi connectivity index (χ1n) is 4.82. The SMILES string of the molecule is CCCn1nnnc1CSCC(C)N. The van der Waals surface area contributed by atoms with E-state index in [1.54, 1.807) is 11.8 Å². The summed E-state index contributed by atoms with van der Waals surface area (Å²) in [5.41, 5.74) is 5.65. The molecule has 1 aromatic heterocycles. The summed E-state index contributed by atoms with van der Waals surface area (Å²) < 4.78 is 1.86. The van der Waals surface area contributed by atoms with Gasteiger partial charge in [0.1, 0.15) is 0 Å². The molecule has 0 bridgehead atoms. The number of hydrogen-bond donors (Lipinski definition) is 1. The molecule has 5 nitrogen and oxygen atoms in total. The van der Waals surface area contributed by atoms with Crippen molar-refractivity contribution < 1.29 is 0 Å². The maximum Gasteiger partial charge on any atom is 0.161 e. The first kappa shape index (κ1) is 11.5. The number of aryl methyl sites for hydroxylation is 1. The van der Waals surface area contributed by atoms with Gasteiger partial charge in [-0.25, -0.2) is 4.68 Å². The molecule has 1 rings (SSSR count). The Balaban J connectivity index is 2.37. The molecule has 1 unspecified atom stereocenters. The lowest BCUT2D eigenvalue weighted by molar-refractivity contribution is 0.564. The summed E-state index contributed by atoms with van der Waals surface area (Å²) in [6, 6.07) is 0.232. The largest absolute Gasteiger partial charge is 0.327 e. The summed E-state index contributed by atoms with van der Waals surface area (Å²) in [7, 11) is 0. The van der Waals surface area contributed by atoms with Crippen LogP contribution in [0, 0.1) is 0 Å². The molecule has 1 aromatic rings. The molecule has 6 heteroatoms. The van der Waals surface area contributed by atoms with Crippen LogP contribution in [0.2, 0.25) is 0 Å². The van der Waals surface area contributed by atoms with Crippen LogP contribution in [0.3, 0.4) is 0 Å². The Hall–Kier alpha value is -0.620. The van der Waals surface area contributed by atoms with Gasteiger partial charge in [0.2, 0.25) is 0 Å². The highest BCUT2D eigenvalue weighted by Gasteiger charge is 2.05. The Kier molecular flexibility index (Phi) is 4.89. The zero-order valence-corrected chi connectivity index (χ0v) is 9.50. The third-order valence-electron chi connectivity index (χ3n) is 1.65. The van der Waals surface area contributed by atoms with E-state index in [1.165, 1.54) is 0 Å². The predicted octanol–water partition coefficient (Wildman–Crippen LogP) is 0.663.